The second kappa shape index (κ2) is 11.4. The number of ether oxygens (including phenoxy) is 1. The van der Waals surface area contributed by atoms with Gasteiger partial charge in [0.15, 0.2) is 11.5 Å². The van der Waals surface area contributed by atoms with E-state index < -0.39 is 21.5 Å². The molecule has 7 nitrogen and oxygen atoms in total. The number of hydrogen-bond donors (Lipinski definition) is 1. The molecule has 1 N–H and O–H groups in total. The summed E-state index contributed by atoms with van der Waals surface area (Å²) in [4.78, 5) is 4.59. The van der Waals surface area contributed by atoms with Crippen LogP contribution in [-0.2, 0) is 16.7 Å². The van der Waals surface area contributed by atoms with Crippen LogP contribution in [-0.4, -0.2) is 28.3 Å². The number of pyridine rings is 1. The smallest absolute Gasteiger partial charge is 0.311 e. The third kappa shape index (κ3) is 5.51. The first-order valence-electron chi connectivity index (χ1n) is 13.8. The molecule has 4 aromatic carbocycles. The van der Waals surface area contributed by atoms with E-state index in [1.807, 2.05) is 60.7 Å². The minimum absolute atomic E-state index is 0.0447. The van der Waals surface area contributed by atoms with Gasteiger partial charge < -0.3 is 18.6 Å². The van der Waals surface area contributed by atoms with Crippen molar-refractivity contribution in [1.82, 2.24) is 9.55 Å². The quantitative estimate of drug-likeness (QED) is 0.175. The van der Waals surface area contributed by atoms with E-state index in [1.54, 1.807) is 41.2 Å². The van der Waals surface area contributed by atoms with Crippen LogP contribution in [0.3, 0.4) is 0 Å². The van der Waals surface area contributed by atoms with E-state index in [0.29, 0.717) is 16.3 Å². The molecule has 0 saturated carbocycles. The van der Waals surface area contributed by atoms with Crippen LogP contribution in [0.4, 0.5) is 4.39 Å². The fourth-order valence-corrected chi connectivity index (χ4v) is 5.60. The zero-order chi connectivity index (χ0) is 30.1. The topological polar surface area (TPSA) is 90.7 Å². The van der Waals surface area contributed by atoms with Crippen LogP contribution < -0.4 is 8.92 Å². The van der Waals surface area contributed by atoms with Crippen molar-refractivity contribution in [2.75, 3.05) is 0 Å². The lowest BCUT2D eigenvalue weighted by Crippen LogP contribution is -2.20. The molecule has 0 radical (unpaired) electrons. The van der Waals surface area contributed by atoms with E-state index in [9.17, 15) is 17.9 Å². The Morgan fingerprint density at radius 3 is 2.07 bits per heavy atom. The summed E-state index contributed by atoms with van der Waals surface area (Å²) in [7, 11) is -4.02. The number of fused-ring (bicyclic) bond motifs is 2. The van der Waals surface area contributed by atoms with E-state index >= 15 is 0 Å². The fourth-order valence-electron chi connectivity index (χ4n) is 5.00. The van der Waals surface area contributed by atoms with E-state index in [-0.39, 0.29) is 35.1 Å². The molecule has 0 amide bonds. The van der Waals surface area contributed by atoms with Gasteiger partial charge in [-0.05, 0) is 54.8 Å². The Hall–Kier alpha value is -4.89. The summed E-state index contributed by atoms with van der Waals surface area (Å²) in [5.41, 5.74) is 2.80. The van der Waals surface area contributed by atoms with Gasteiger partial charge in [0.05, 0.1) is 22.6 Å². The highest BCUT2D eigenvalue weighted by atomic mass is 32.2. The number of rotatable bonds is 9. The Morgan fingerprint density at radius 1 is 0.837 bits per heavy atom. The van der Waals surface area contributed by atoms with Crippen molar-refractivity contribution in [3.8, 4) is 17.4 Å². The number of nitrogens with zero attached hydrogens (tertiary/aromatic N) is 2. The average Bonchev–Trinajstić information content (AvgIpc) is 3.34. The maximum absolute atomic E-state index is 13.6. The molecule has 6 rings (SSSR count). The van der Waals surface area contributed by atoms with E-state index in [0.717, 1.165) is 16.7 Å². The molecule has 0 aliphatic rings. The number of benzene rings is 4. The first-order valence-corrected chi connectivity index (χ1v) is 15.3. The molecule has 0 saturated heterocycles. The molecule has 0 aliphatic carbocycles. The molecule has 9 heteroatoms. The van der Waals surface area contributed by atoms with Gasteiger partial charge in [0, 0.05) is 17.8 Å². The van der Waals surface area contributed by atoms with Crippen LogP contribution in [0.15, 0.2) is 109 Å². The van der Waals surface area contributed by atoms with Gasteiger partial charge in [0.2, 0.25) is 5.88 Å². The standard InChI is InChI=1S/C34H29FN2O5S/c1-22(2)43(39,40)42-32-27-14-9-19-36-30(27)33(41-31(24-10-5-3-6-11-24)25-12-7-4-8-13-25)29-28(32)21-37(34(29)38)20-23-15-17-26(35)18-16-23/h3-19,21-22,31,38H,20H2,1-2H3. The van der Waals surface area contributed by atoms with Gasteiger partial charge in [-0.3, -0.25) is 4.98 Å². The molecule has 2 aromatic heterocycles. The highest BCUT2D eigenvalue weighted by Crippen LogP contribution is 2.49. The SMILES string of the molecule is CC(C)S(=O)(=O)Oc1c2cccnc2c(OC(c2ccccc2)c2ccccc2)c2c(O)n(Cc3ccc(F)cc3)cc12. The van der Waals surface area contributed by atoms with Crippen LogP contribution in [0.1, 0.15) is 36.6 Å². The van der Waals surface area contributed by atoms with Gasteiger partial charge in [-0.15, -0.1) is 0 Å². The average molecular weight is 597 g/mol. The zero-order valence-electron chi connectivity index (χ0n) is 23.5. The molecule has 0 bridgehead atoms. The van der Waals surface area contributed by atoms with Gasteiger partial charge in [-0.25, -0.2) is 4.39 Å². The number of aromatic nitrogens is 2. The van der Waals surface area contributed by atoms with E-state index in [1.165, 1.54) is 26.0 Å². The third-order valence-electron chi connectivity index (χ3n) is 7.27. The molecular weight excluding hydrogens is 567 g/mol. The lowest BCUT2D eigenvalue weighted by atomic mass is 10.0. The first-order chi connectivity index (χ1) is 20.7. The van der Waals surface area contributed by atoms with Crippen LogP contribution >= 0.6 is 0 Å². The highest BCUT2D eigenvalue weighted by Gasteiger charge is 2.29. The fraction of sp³-hybridized carbons (Fsp3) is 0.147. The Kier molecular flexibility index (Phi) is 7.50. The van der Waals surface area contributed by atoms with Crippen molar-refractivity contribution in [2.24, 2.45) is 0 Å². The van der Waals surface area contributed by atoms with Crippen LogP contribution in [0.2, 0.25) is 0 Å². The second-order valence-electron chi connectivity index (χ2n) is 10.5. The first kappa shape index (κ1) is 28.2. The summed E-state index contributed by atoms with van der Waals surface area (Å²) in [6.45, 7) is 3.25. The number of aromatic hydroxyl groups is 1. The minimum Gasteiger partial charge on any atom is -0.494 e. The molecule has 0 spiro atoms. The summed E-state index contributed by atoms with van der Waals surface area (Å²) in [6.07, 6.45) is 2.62. The third-order valence-corrected chi connectivity index (χ3v) is 8.83. The zero-order valence-corrected chi connectivity index (χ0v) is 24.3. The normalized spacial score (nSPS) is 11.9. The predicted molar refractivity (Wildman–Crippen MR) is 164 cm³/mol. The van der Waals surface area contributed by atoms with Gasteiger partial charge in [0.25, 0.3) is 0 Å². The molecule has 0 atom stereocenters. The monoisotopic (exact) mass is 596 g/mol. The summed E-state index contributed by atoms with van der Waals surface area (Å²) < 4.78 is 53.8. The minimum atomic E-state index is -4.02. The summed E-state index contributed by atoms with van der Waals surface area (Å²) in [6, 6.07) is 28.7. The molecule has 0 aliphatic heterocycles. The lowest BCUT2D eigenvalue weighted by molar-refractivity contribution is 0.252. The maximum atomic E-state index is 13.6. The van der Waals surface area contributed by atoms with Crippen molar-refractivity contribution in [3.63, 3.8) is 0 Å². The molecule has 2 heterocycles. The largest absolute Gasteiger partial charge is 0.494 e. The lowest BCUT2D eigenvalue weighted by Gasteiger charge is -2.22. The van der Waals surface area contributed by atoms with Gasteiger partial charge in [-0.1, -0.05) is 72.8 Å². The molecule has 6 aromatic rings. The van der Waals surface area contributed by atoms with E-state index in [2.05, 4.69) is 4.98 Å². The second-order valence-corrected chi connectivity index (χ2v) is 12.6. The Balaban J connectivity index is 1.62. The molecular formula is C34H29FN2O5S. The van der Waals surface area contributed by atoms with Crippen molar-refractivity contribution in [2.45, 2.75) is 31.7 Å². The molecule has 218 valence electrons. The molecule has 43 heavy (non-hydrogen) atoms. The Labute approximate surface area is 248 Å². The summed E-state index contributed by atoms with van der Waals surface area (Å²) >= 11 is 0. The predicted octanol–water partition coefficient (Wildman–Crippen LogP) is 7.37. The van der Waals surface area contributed by atoms with Crippen LogP contribution in [0.25, 0.3) is 21.7 Å². The number of halogens is 1. The molecule has 0 fully saturated rings. The highest BCUT2D eigenvalue weighted by molar-refractivity contribution is 7.87. The van der Waals surface area contributed by atoms with Gasteiger partial charge >= 0.3 is 10.1 Å². The number of hydrogen-bond acceptors (Lipinski definition) is 6. The van der Waals surface area contributed by atoms with E-state index in [4.69, 9.17) is 8.92 Å². The Morgan fingerprint density at radius 2 is 1.47 bits per heavy atom. The van der Waals surface area contributed by atoms with Crippen molar-refractivity contribution < 1.29 is 26.8 Å². The van der Waals surface area contributed by atoms with Crippen molar-refractivity contribution in [1.29, 1.82) is 0 Å². The van der Waals surface area contributed by atoms with Gasteiger partial charge in [0.1, 0.15) is 17.4 Å². The summed E-state index contributed by atoms with van der Waals surface area (Å²) in [5, 5.41) is 11.9. The van der Waals surface area contributed by atoms with Crippen molar-refractivity contribution >= 4 is 31.8 Å². The molecule has 0 unspecified atom stereocenters. The maximum Gasteiger partial charge on any atom is 0.311 e. The van der Waals surface area contributed by atoms with Crippen LogP contribution in [0, 0.1) is 5.82 Å². The Bertz CT molecular complexity index is 1970. The summed E-state index contributed by atoms with van der Waals surface area (Å²) in [5.74, 6) is -0.231. The van der Waals surface area contributed by atoms with Crippen molar-refractivity contribution in [3.05, 3.63) is 132 Å². The van der Waals surface area contributed by atoms with Gasteiger partial charge in [-0.2, -0.15) is 8.42 Å². The van der Waals surface area contributed by atoms with Crippen LogP contribution in [0.5, 0.6) is 17.4 Å².